The van der Waals surface area contributed by atoms with Crippen molar-refractivity contribution >= 4 is 22.6 Å². The standard InChI is InChI=1S/C13H18INO/c1-3-13(2)11(15)8-12(13)16-10-6-4-5-9(14)7-10/h4-7,11-12H,3,8,15H2,1-2H3. The van der Waals surface area contributed by atoms with E-state index < -0.39 is 0 Å². The van der Waals surface area contributed by atoms with Crippen LogP contribution in [-0.4, -0.2) is 12.1 Å². The quantitative estimate of drug-likeness (QED) is 0.864. The van der Waals surface area contributed by atoms with Crippen LogP contribution in [-0.2, 0) is 0 Å². The largest absolute Gasteiger partial charge is 0.490 e. The van der Waals surface area contributed by atoms with Gasteiger partial charge in [-0.15, -0.1) is 0 Å². The second kappa shape index (κ2) is 4.53. The molecule has 16 heavy (non-hydrogen) atoms. The van der Waals surface area contributed by atoms with Gasteiger partial charge in [-0.05, 0) is 47.2 Å². The van der Waals surface area contributed by atoms with E-state index in [0.717, 1.165) is 18.6 Å². The van der Waals surface area contributed by atoms with Crippen LogP contribution in [0, 0.1) is 8.99 Å². The van der Waals surface area contributed by atoms with Gasteiger partial charge in [-0.2, -0.15) is 0 Å². The lowest BCUT2D eigenvalue weighted by Crippen LogP contribution is -2.61. The lowest BCUT2D eigenvalue weighted by Gasteiger charge is -2.51. The Labute approximate surface area is 111 Å². The molecule has 1 aliphatic rings. The summed E-state index contributed by atoms with van der Waals surface area (Å²) in [6.07, 6.45) is 2.31. The number of benzene rings is 1. The minimum atomic E-state index is 0.140. The first-order valence-electron chi connectivity index (χ1n) is 5.74. The Hall–Kier alpha value is -0.290. The van der Waals surface area contributed by atoms with E-state index in [-0.39, 0.29) is 17.6 Å². The van der Waals surface area contributed by atoms with Gasteiger partial charge < -0.3 is 10.5 Å². The van der Waals surface area contributed by atoms with Gasteiger partial charge in [0.2, 0.25) is 0 Å². The summed E-state index contributed by atoms with van der Waals surface area (Å²) in [6.45, 7) is 4.41. The average Bonchev–Trinajstić information content (AvgIpc) is 2.27. The molecule has 3 heteroatoms. The fourth-order valence-electron chi connectivity index (χ4n) is 2.22. The van der Waals surface area contributed by atoms with Gasteiger partial charge in [-0.25, -0.2) is 0 Å². The van der Waals surface area contributed by atoms with Crippen molar-refractivity contribution in [1.29, 1.82) is 0 Å². The summed E-state index contributed by atoms with van der Waals surface area (Å²) >= 11 is 2.30. The zero-order valence-corrected chi connectivity index (χ0v) is 11.9. The van der Waals surface area contributed by atoms with Crippen LogP contribution < -0.4 is 10.5 Å². The second-order valence-corrected chi connectivity index (χ2v) is 6.01. The molecular formula is C13H18INO. The van der Waals surface area contributed by atoms with Crippen LogP contribution in [0.25, 0.3) is 0 Å². The molecule has 88 valence electrons. The first-order chi connectivity index (χ1) is 7.56. The van der Waals surface area contributed by atoms with Crippen LogP contribution >= 0.6 is 22.6 Å². The molecule has 0 aromatic heterocycles. The Morgan fingerprint density at radius 1 is 1.56 bits per heavy atom. The first-order valence-corrected chi connectivity index (χ1v) is 6.82. The number of ether oxygens (including phenoxy) is 1. The van der Waals surface area contributed by atoms with Crippen molar-refractivity contribution in [3.63, 3.8) is 0 Å². The Morgan fingerprint density at radius 3 is 2.88 bits per heavy atom. The minimum absolute atomic E-state index is 0.140. The summed E-state index contributed by atoms with van der Waals surface area (Å²) in [4.78, 5) is 0. The van der Waals surface area contributed by atoms with E-state index in [2.05, 4.69) is 48.6 Å². The van der Waals surface area contributed by atoms with Crippen molar-refractivity contribution in [1.82, 2.24) is 0 Å². The molecule has 1 saturated carbocycles. The Bertz CT molecular complexity index is 382. The highest BCUT2D eigenvalue weighted by atomic mass is 127. The fraction of sp³-hybridized carbons (Fsp3) is 0.538. The average molecular weight is 331 g/mol. The maximum Gasteiger partial charge on any atom is 0.120 e. The third-order valence-electron chi connectivity index (χ3n) is 3.89. The maximum absolute atomic E-state index is 6.06. The normalized spacial score (nSPS) is 33.2. The van der Waals surface area contributed by atoms with E-state index in [1.807, 2.05) is 12.1 Å². The van der Waals surface area contributed by atoms with Crippen molar-refractivity contribution in [2.24, 2.45) is 11.1 Å². The SMILES string of the molecule is CCC1(C)C(N)CC1Oc1cccc(I)c1. The number of rotatable bonds is 3. The molecule has 3 atom stereocenters. The summed E-state index contributed by atoms with van der Waals surface area (Å²) < 4.78 is 7.23. The summed E-state index contributed by atoms with van der Waals surface area (Å²) in [7, 11) is 0. The summed E-state index contributed by atoms with van der Waals surface area (Å²) in [6, 6.07) is 8.46. The number of hydrogen-bond acceptors (Lipinski definition) is 2. The van der Waals surface area contributed by atoms with Crippen molar-refractivity contribution in [3.05, 3.63) is 27.8 Å². The zero-order chi connectivity index (χ0) is 11.8. The summed E-state index contributed by atoms with van der Waals surface area (Å²) in [5.41, 5.74) is 6.20. The Morgan fingerprint density at radius 2 is 2.31 bits per heavy atom. The number of halogens is 1. The van der Waals surface area contributed by atoms with Crippen LogP contribution in [0.2, 0.25) is 0 Å². The molecule has 0 amide bonds. The van der Waals surface area contributed by atoms with Gasteiger partial charge in [0.1, 0.15) is 11.9 Å². The summed E-state index contributed by atoms with van der Waals surface area (Å²) in [5.74, 6) is 0.962. The molecule has 0 heterocycles. The third-order valence-corrected chi connectivity index (χ3v) is 4.56. The van der Waals surface area contributed by atoms with E-state index in [1.54, 1.807) is 0 Å². The van der Waals surface area contributed by atoms with Crippen LogP contribution in [0.5, 0.6) is 5.75 Å². The predicted octanol–water partition coefficient (Wildman–Crippen LogP) is 3.19. The molecule has 3 unspecified atom stereocenters. The first kappa shape index (κ1) is 12.2. The van der Waals surface area contributed by atoms with Crippen molar-refractivity contribution in [2.75, 3.05) is 0 Å². The Balaban J connectivity index is 2.06. The molecule has 0 radical (unpaired) electrons. The van der Waals surface area contributed by atoms with Gasteiger partial charge in [-0.3, -0.25) is 0 Å². The van der Waals surface area contributed by atoms with Crippen molar-refractivity contribution in [2.45, 2.75) is 38.8 Å². The third kappa shape index (κ3) is 2.07. The maximum atomic E-state index is 6.06. The Kier molecular flexibility index (Phi) is 3.45. The number of nitrogens with two attached hydrogens (primary N) is 1. The fourth-order valence-corrected chi connectivity index (χ4v) is 2.74. The highest BCUT2D eigenvalue weighted by Crippen LogP contribution is 2.44. The van der Waals surface area contributed by atoms with Gasteiger partial charge in [0, 0.05) is 21.4 Å². The molecule has 0 aliphatic heterocycles. The molecule has 0 spiro atoms. The highest BCUT2D eigenvalue weighted by molar-refractivity contribution is 14.1. The molecule has 2 rings (SSSR count). The van der Waals surface area contributed by atoms with E-state index in [0.29, 0.717) is 0 Å². The van der Waals surface area contributed by atoms with Crippen LogP contribution in [0.4, 0.5) is 0 Å². The minimum Gasteiger partial charge on any atom is -0.490 e. The van der Waals surface area contributed by atoms with Gasteiger partial charge in [0.25, 0.3) is 0 Å². The molecule has 1 aliphatic carbocycles. The summed E-state index contributed by atoms with van der Waals surface area (Å²) in [5, 5.41) is 0. The lowest BCUT2D eigenvalue weighted by atomic mass is 9.62. The van der Waals surface area contributed by atoms with Gasteiger partial charge in [0.05, 0.1) is 0 Å². The van der Waals surface area contributed by atoms with Gasteiger partial charge >= 0.3 is 0 Å². The predicted molar refractivity (Wildman–Crippen MR) is 74.6 cm³/mol. The second-order valence-electron chi connectivity index (χ2n) is 4.77. The van der Waals surface area contributed by atoms with E-state index in [9.17, 15) is 0 Å². The van der Waals surface area contributed by atoms with Gasteiger partial charge in [-0.1, -0.05) is 19.9 Å². The molecule has 1 fully saturated rings. The number of hydrogen-bond donors (Lipinski definition) is 1. The monoisotopic (exact) mass is 331 g/mol. The zero-order valence-electron chi connectivity index (χ0n) is 9.74. The topological polar surface area (TPSA) is 35.2 Å². The van der Waals surface area contributed by atoms with E-state index >= 15 is 0 Å². The molecule has 1 aromatic rings. The molecule has 2 N–H and O–H groups in total. The van der Waals surface area contributed by atoms with Crippen LogP contribution in [0.1, 0.15) is 26.7 Å². The van der Waals surface area contributed by atoms with Crippen LogP contribution in [0.3, 0.4) is 0 Å². The highest BCUT2D eigenvalue weighted by Gasteiger charge is 2.50. The van der Waals surface area contributed by atoms with Gasteiger partial charge in [0.15, 0.2) is 0 Å². The molecular weight excluding hydrogens is 313 g/mol. The van der Waals surface area contributed by atoms with E-state index in [4.69, 9.17) is 10.5 Å². The smallest absolute Gasteiger partial charge is 0.120 e. The van der Waals surface area contributed by atoms with Crippen LogP contribution in [0.15, 0.2) is 24.3 Å². The molecule has 2 nitrogen and oxygen atoms in total. The molecule has 0 saturated heterocycles. The van der Waals surface area contributed by atoms with E-state index in [1.165, 1.54) is 3.57 Å². The van der Waals surface area contributed by atoms with Crippen molar-refractivity contribution in [3.8, 4) is 5.75 Å². The lowest BCUT2D eigenvalue weighted by molar-refractivity contribution is -0.0560. The van der Waals surface area contributed by atoms with Crippen molar-refractivity contribution < 1.29 is 4.74 Å². The molecule has 0 bridgehead atoms. The molecule has 1 aromatic carbocycles.